The van der Waals surface area contributed by atoms with Crippen molar-refractivity contribution in [2.24, 2.45) is 5.92 Å². The van der Waals surface area contributed by atoms with Crippen molar-refractivity contribution in [1.82, 2.24) is 0 Å². The third-order valence-corrected chi connectivity index (χ3v) is 4.82. The van der Waals surface area contributed by atoms with Gasteiger partial charge in [-0.1, -0.05) is 35.0 Å². The van der Waals surface area contributed by atoms with Gasteiger partial charge in [0.2, 0.25) is 0 Å². The molecule has 2 atom stereocenters. The van der Waals surface area contributed by atoms with Gasteiger partial charge in [0.05, 0.1) is 12.4 Å². The van der Waals surface area contributed by atoms with E-state index < -0.39 is 18.2 Å². The highest BCUT2D eigenvalue weighted by Gasteiger charge is 2.24. The van der Waals surface area contributed by atoms with Gasteiger partial charge >= 0.3 is 12.1 Å². The Bertz CT molecular complexity index is 782. The van der Waals surface area contributed by atoms with Crippen molar-refractivity contribution in [3.8, 4) is 5.75 Å². The number of hydrogen-bond acceptors (Lipinski definition) is 6. The summed E-state index contributed by atoms with van der Waals surface area (Å²) in [7, 11) is 0. The van der Waals surface area contributed by atoms with Gasteiger partial charge in [-0.2, -0.15) is 12.6 Å². The number of halogens is 1. The number of benzene rings is 2. The monoisotopic (exact) mass is 467 g/mol. The Labute approximate surface area is 177 Å². The lowest BCUT2D eigenvalue weighted by Gasteiger charge is -2.25. The van der Waals surface area contributed by atoms with Gasteiger partial charge in [0.25, 0.3) is 0 Å². The normalized spacial score (nSPS) is 12.7. The Hall–Kier alpha value is -2.19. The summed E-state index contributed by atoms with van der Waals surface area (Å²) >= 11 is 7.21. The molecule has 0 fully saturated rings. The predicted octanol–water partition coefficient (Wildman–Crippen LogP) is 4.94. The number of ether oxygens (including phenoxy) is 2. The van der Waals surface area contributed by atoms with Crippen LogP contribution in [0.1, 0.15) is 25.0 Å². The fraction of sp³-hybridized carbons (Fsp3) is 0.300. The Morgan fingerprint density at radius 1 is 1.14 bits per heavy atom. The number of phenols is 1. The first-order valence-electron chi connectivity index (χ1n) is 8.67. The van der Waals surface area contributed by atoms with Crippen molar-refractivity contribution in [2.75, 3.05) is 17.7 Å². The molecule has 2 aromatic carbocycles. The van der Waals surface area contributed by atoms with Gasteiger partial charge in [-0.05, 0) is 48.4 Å². The molecule has 0 aliphatic carbocycles. The minimum atomic E-state index is -0.598. The molecule has 6 nitrogen and oxygen atoms in total. The van der Waals surface area contributed by atoms with Crippen LogP contribution in [0.25, 0.3) is 0 Å². The van der Waals surface area contributed by atoms with Crippen molar-refractivity contribution in [2.45, 2.75) is 19.4 Å². The lowest BCUT2D eigenvalue weighted by atomic mass is 9.94. The summed E-state index contributed by atoms with van der Waals surface area (Å²) in [4.78, 5) is 23.6. The molecule has 150 valence electrons. The number of aromatic hydroxyl groups is 1. The van der Waals surface area contributed by atoms with Gasteiger partial charge in [-0.25, -0.2) is 4.79 Å². The number of hydrogen-bond donors (Lipinski definition) is 3. The standard InChI is InChI=1S/C20H22BrNO5S/c1-13(10-11-26-18(24)12-28)19(14-2-8-17(23)9-3-14)27-20(25)22-16-6-4-15(21)5-7-16/h2-9,13,19,23,28H,10-12H2,1H3,(H,22,25)/t13-,19-/m1/s1. The van der Waals surface area contributed by atoms with Crippen molar-refractivity contribution in [3.63, 3.8) is 0 Å². The quantitative estimate of drug-likeness (QED) is 0.378. The molecule has 0 aliphatic heterocycles. The van der Waals surface area contributed by atoms with E-state index in [4.69, 9.17) is 9.47 Å². The molecule has 0 unspecified atom stereocenters. The Balaban J connectivity index is 2.06. The molecule has 0 heterocycles. The van der Waals surface area contributed by atoms with Gasteiger partial charge in [0.1, 0.15) is 11.9 Å². The molecule has 28 heavy (non-hydrogen) atoms. The van der Waals surface area contributed by atoms with Crippen molar-refractivity contribution in [3.05, 3.63) is 58.6 Å². The lowest BCUT2D eigenvalue weighted by Crippen LogP contribution is -2.23. The van der Waals surface area contributed by atoms with Gasteiger partial charge in [0.15, 0.2) is 0 Å². The van der Waals surface area contributed by atoms with Crippen molar-refractivity contribution < 1.29 is 24.2 Å². The molecule has 0 bridgehead atoms. The summed E-state index contributed by atoms with van der Waals surface area (Å²) in [5, 5.41) is 12.2. The molecule has 2 N–H and O–H groups in total. The van der Waals surface area contributed by atoms with Gasteiger partial charge in [-0.15, -0.1) is 0 Å². The SMILES string of the molecule is C[C@H](CCOC(=O)CS)[C@@H](OC(=O)Nc1ccc(Br)cc1)c1ccc(O)cc1. The molecule has 2 aromatic rings. The van der Waals surface area contributed by atoms with Gasteiger partial charge in [-0.3, -0.25) is 10.1 Å². The third kappa shape index (κ3) is 7.09. The van der Waals surface area contributed by atoms with Crippen LogP contribution >= 0.6 is 28.6 Å². The molecule has 2 rings (SSSR count). The molecule has 0 aliphatic rings. The molecule has 0 aromatic heterocycles. The number of amides is 1. The van der Waals surface area contributed by atoms with E-state index in [-0.39, 0.29) is 24.0 Å². The van der Waals surface area contributed by atoms with Crippen LogP contribution in [0.3, 0.4) is 0 Å². The topological polar surface area (TPSA) is 84.9 Å². The number of phenolic OH excluding ortho intramolecular Hbond substituents is 1. The third-order valence-electron chi connectivity index (χ3n) is 4.03. The summed E-state index contributed by atoms with van der Waals surface area (Å²) in [6, 6.07) is 13.6. The zero-order valence-electron chi connectivity index (χ0n) is 15.3. The number of carbonyl (C=O) groups is 2. The number of rotatable bonds is 8. The first-order valence-corrected chi connectivity index (χ1v) is 10.1. The minimum absolute atomic E-state index is 0.0157. The van der Waals surface area contributed by atoms with E-state index in [0.29, 0.717) is 12.1 Å². The number of carbonyl (C=O) groups excluding carboxylic acids is 2. The second-order valence-electron chi connectivity index (χ2n) is 6.19. The van der Waals surface area contributed by atoms with Crippen molar-refractivity contribution >= 4 is 46.3 Å². The summed E-state index contributed by atoms with van der Waals surface area (Å²) in [5.74, 6) is -0.391. The predicted molar refractivity (Wildman–Crippen MR) is 114 cm³/mol. The summed E-state index contributed by atoms with van der Waals surface area (Å²) in [6.07, 6.45) is -0.679. The first-order chi connectivity index (χ1) is 13.4. The average Bonchev–Trinajstić information content (AvgIpc) is 2.68. The molecule has 0 spiro atoms. The van der Waals surface area contributed by atoms with Crippen LogP contribution in [0.2, 0.25) is 0 Å². The molecular formula is C20H22BrNO5S. The molecule has 0 saturated carbocycles. The molecule has 8 heteroatoms. The van der Waals surface area contributed by atoms with Crippen LogP contribution in [0.4, 0.5) is 10.5 Å². The molecule has 0 radical (unpaired) electrons. The maximum Gasteiger partial charge on any atom is 0.412 e. The zero-order valence-corrected chi connectivity index (χ0v) is 17.8. The second-order valence-corrected chi connectivity index (χ2v) is 7.43. The van der Waals surface area contributed by atoms with E-state index in [1.807, 2.05) is 19.1 Å². The van der Waals surface area contributed by atoms with Crippen LogP contribution in [0.5, 0.6) is 5.75 Å². The van der Waals surface area contributed by atoms with E-state index in [0.717, 1.165) is 10.0 Å². The van der Waals surface area contributed by atoms with E-state index in [2.05, 4.69) is 33.9 Å². The van der Waals surface area contributed by atoms with E-state index in [1.165, 1.54) is 12.1 Å². The fourth-order valence-corrected chi connectivity index (χ4v) is 2.88. The summed E-state index contributed by atoms with van der Waals surface area (Å²) in [6.45, 7) is 2.10. The summed E-state index contributed by atoms with van der Waals surface area (Å²) in [5.41, 5.74) is 1.34. The van der Waals surface area contributed by atoms with Crippen LogP contribution in [0, 0.1) is 5.92 Å². The minimum Gasteiger partial charge on any atom is -0.508 e. The molecule has 0 saturated heterocycles. The largest absolute Gasteiger partial charge is 0.508 e. The number of thiol groups is 1. The Kier molecular flexibility index (Phi) is 8.66. The van der Waals surface area contributed by atoms with Crippen molar-refractivity contribution in [1.29, 1.82) is 0 Å². The zero-order chi connectivity index (χ0) is 20.5. The lowest BCUT2D eigenvalue weighted by molar-refractivity contribution is -0.141. The smallest absolute Gasteiger partial charge is 0.412 e. The highest BCUT2D eigenvalue weighted by Crippen LogP contribution is 2.30. The summed E-state index contributed by atoms with van der Waals surface area (Å²) < 4.78 is 11.6. The maximum atomic E-state index is 12.4. The maximum absolute atomic E-state index is 12.4. The van der Waals surface area contributed by atoms with Gasteiger partial charge in [0, 0.05) is 16.1 Å². The Morgan fingerprint density at radius 3 is 2.39 bits per heavy atom. The van der Waals surface area contributed by atoms with Crippen LogP contribution in [-0.2, 0) is 14.3 Å². The second kappa shape index (κ2) is 11.0. The van der Waals surface area contributed by atoms with E-state index >= 15 is 0 Å². The van der Waals surface area contributed by atoms with Crippen LogP contribution < -0.4 is 5.32 Å². The van der Waals surface area contributed by atoms with Crippen LogP contribution in [0.15, 0.2) is 53.0 Å². The highest BCUT2D eigenvalue weighted by atomic mass is 79.9. The highest BCUT2D eigenvalue weighted by molar-refractivity contribution is 9.10. The molecule has 1 amide bonds. The van der Waals surface area contributed by atoms with Gasteiger partial charge < -0.3 is 14.6 Å². The average molecular weight is 468 g/mol. The Morgan fingerprint density at radius 2 is 1.79 bits per heavy atom. The molecular weight excluding hydrogens is 446 g/mol. The number of esters is 1. The van der Waals surface area contributed by atoms with E-state index in [1.54, 1.807) is 24.3 Å². The number of anilines is 1. The van der Waals surface area contributed by atoms with E-state index in [9.17, 15) is 14.7 Å². The first kappa shape index (κ1) is 22.1. The van der Waals surface area contributed by atoms with Crippen LogP contribution in [-0.4, -0.2) is 29.5 Å². The number of nitrogens with one attached hydrogen (secondary N) is 1. The fourth-order valence-electron chi connectivity index (χ4n) is 2.53.